The van der Waals surface area contributed by atoms with Gasteiger partial charge in [-0.3, -0.25) is 0 Å². The second-order valence-electron chi connectivity index (χ2n) is 9.83. The van der Waals surface area contributed by atoms with Gasteiger partial charge in [-0.2, -0.15) is 0 Å². The van der Waals surface area contributed by atoms with Gasteiger partial charge >= 0.3 is 6.09 Å². The molecular formula is C26H32FN3O3. The minimum atomic E-state index is -0.521. The van der Waals surface area contributed by atoms with Crippen LogP contribution in [0.25, 0.3) is 11.0 Å². The maximum Gasteiger partial charge on any atom is 0.410 e. The lowest BCUT2D eigenvalue weighted by atomic mass is 9.90. The number of benzene rings is 1. The van der Waals surface area contributed by atoms with E-state index in [1.807, 2.05) is 34.0 Å². The Labute approximate surface area is 194 Å². The summed E-state index contributed by atoms with van der Waals surface area (Å²) in [5.41, 5.74) is 4.94. The van der Waals surface area contributed by atoms with E-state index in [2.05, 4.69) is 17.7 Å². The van der Waals surface area contributed by atoms with Crippen molar-refractivity contribution < 1.29 is 18.7 Å². The van der Waals surface area contributed by atoms with Gasteiger partial charge in [0.2, 0.25) is 0 Å². The van der Waals surface area contributed by atoms with E-state index in [9.17, 15) is 9.18 Å². The van der Waals surface area contributed by atoms with Crippen molar-refractivity contribution in [1.82, 2.24) is 14.5 Å². The highest BCUT2D eigenvalue weighted by Gasteiger charge is 2.31. The molecule has 1 aliphatic rings. The maximum atomic E-state index is 13.8. The van der Waals surface area contributed by atoms with Crippen LogP contribution in [0.15, 0.2) is 30.5 Å². The predicted octanol–water partition coefficient (Wildman–Crippen LogP) is 5.04. The first-order valence-corrected chi connectivity index (χ1v) is 11.3. The molecule has 1 atom stereocenters. The third-order valence-electron chi connectivity index (χ3n) is 6.33. The number of aromatic nitrogens is 2. The number of amides is 1. The zero-order chi connectivity index (χ0) is 23.9. The Kier molecular flexibility index (Phi) is 6.08. The highest BCUT2D eigenvalue weighted by molar-refractivity contribution is 5.83. The second-order valence-corrected chi connectivity index (χ2v) is 9.83. The lowest BCUT2D eigenvalue weighted by Gasteiger charge is -2.33. The van der Waals surface area contributed by atoms with E-state index >= 15 is 0 Å². The third kappa shape index (κ3) is 4.68. The number of aryl methyl sites for hydroxylation is 1. The van der Waals surface area contributed by atoms with E-state index < -0.39 is 5.60 Å². The van der Waals surface area contributed by atoms with Crippen LogP contribution in [-0.4, -0.2) is 46.3 Å². The van der Waals surface area contributed by atoms with Crippen molar-refractivity contribution in [2.75, 3.05) is 14.2 Å². The summed E-state index contributed by atoms with van der Waals surface area (Å²) >= 11 is 0. The van der Waals surface area contributed by atoms with Gasteiger partial charge < -0.3 is 18.9 Å². The van der Waals surface area contributed by atoms with Crippen LogP contribution in [0.4, 0.5) is 9.18 Å². The summed E-state index contributed by atoms with van der Waals surface area (Å²) in [6, 6.07) is 7.18. The second kappa shape index (κ2) is 8.69. The quantitative estimate of drug-likeness (QED) is 0.556. The summed E-state index contributed by atoms with van der Waals surface area (Å²) in [7, 11) is 5.34. The molecule has 0 bridgehead atoms. The molecule has 4 rings (SSSR count). The summed E-state index contributed by atoms with van der Waals surface area (Å²) in [4.78, 5) is 19.1. The Balaban J connectivity index is 1.62. The fourth-order valence-electron chi connectivity index (χ4n) is 4.62. The number of methoxy groups -OCH3 is 1. The van der Waals surface area contributed by atoms with Crippen molar-refractivity contribution in [2.45, 2.75) is 58.1 Å². The van der Waals surface area contributed by atoms with Crippen LogP contribution in [-0.2, 0) is 31.0 Å². The van der Waals surface area contributed by atoms with Gasteiger partial charge in [-0.15, -0.1) is 0 Å². The molecular weight excluding hydrogens is 421 g/mol. The molecule has 7 heteroatoms. The highest BCUT2D eigenvalue weighted by atomic mass is 19.1. The summed E-state index contributed by atoms with van der Waals surface area (Å²) in [6.45, 7) is 5.64. The van der Waals surface area contributed by atoms with Gasteiger partial charge in [0.15, 0.2) is 11.6 Å². The standard InChI is InChI=1S/C26H32FN3O3/c1-26(2,3)33-25(31)29(4)18-8-10-22-19(14-18)20-12-17(15-28-24(20)30(22)5)11-16-7-9-21(27)23(13-16)32-6/h7,9,12-13,15,18H,8,10-11,14H2,1-6H3. The number of ether oxygens (including phenoxy) is 2. The summed E-state index contributed by atoms with van der Waals surface area (Å²) in [6.07, 6.45) is 4.75. The number of hydrogen-bond acceptors (Lipinski definition) is 4. The molecule has 0 saturated heterocycles. The number of likely N-dealkylation sites (N-methyl/N-ethyl adjacent to an activating group) is 1. The van der Waals surface area contributed by atoms with Gasteiger partial charge in [0, 0.05) is 37.4 Å². The zero-order valence-electron chi connectivity index (χ0n) is 20.2. The largest absolute Gasteiger partial charge is 0.494 e. The van der Waals surface area contributed by atoms with Crippen LogP contribution in [0.3, 0.4) is 0 Å². The van der Waals surface area contributed by atoms with Gasteiger partial charge in [0.25, 0.3) is 0 Å². The number of carbonyl (C=O) groups is 1. The van der Waals surface area contributed by atoms with E-state index in [4.69, 9.17) is 14.5 Å². The van der Waals surface area contributed by atoms with Crippen molar-refractivity contribution in [3.8, 4) is 5.75 Å². The van der Waals surface area contributed by atoms with Crippen LogP contribution < -0.4 is 4.74 Å². The molecule has 0 spiro atoms. The van der Waals surface area contributed by atoms with Crippen LogP contribution in [0.2, 0.25) is 0 Å². The van der Waals surface area contributed by atoms with Crippen molar-refractivity contribution in [3.05, 3.63) is 58.7 Å². The fraction of sp³-hybridized carbons (Fsp3) is 0.462. The molecule has 1 amide bonds. The summed E-state index contributed by atoms with van der Waals surface area (Å²) in [5, 5.41) is 1.11. The van der Waals surface area contributed by atoms with Gasteiger partial charge in [-0.05, 0) is 81.3 Å². The first-order valence-electron chi connectivity index (χ1n) is 11.3. The Hall–Kier alpha value is -3.09. The number of halogens is 1. The predicted molar refractivity (Wildman–Crippen MR) is 126 cm³/mol. The van der Waals surface area contributed by atoms with Gasteiger partial charge in [-0.1, -0.05) is 6.07 Å². The van der Waals surface area contributed by atoms with Crippen LogP contribution >= 0.6 is 0 Å². The number of hydrogen-bond donors (Lipinski definition) is 0. The molecule has 176 valence electrons. The highest BCUT2D eigenvalue weighted by Crippen LogP contribution is 2.33. The maximum absolute atomic E-state index is 13.8. The van der Waals surface area contributed by atoms with Crippen molar-refractivity contribution in [1.29, 1.82) is 0 Å². The number of carbonyl (C=O) groups excluding carboxylic acids is 1. The molecule has 0 aliphatic heterocycles. The molecule has 6 nitrogen and oxygen atoms in total. The van der Waals surface area contributed by atoms with Gasteiger partial charge in [0.05, 0.1) is 7.11 Å². The summed E-state index contributed by atoms with van der Waals surface area (Å²) < 4.78 is 26.6. The zero-order valence-corrected chi connectivity index (χ0v) is 20.2. The molecule has 2 heterocycles. The van der Waals surface area contributed by atoms with E-state index in [-0.39, 0.29) is 23.7 Å². The number of rotatable bonds is 4. The average Bonchev–Trinajstić information content (AvgIpc) is 3.04. The third-order valence-corrected chi connectivity index (χ3v) is 6.33. The van der Waals surface area contributed by atoms with Crippen LogP contribution in [0.1, 0.15) is 49.6 Å². The SMILES string of the molecule is COc1cc(Cc2cnc3c(c2)c2c(n3C)CCC(N(C)C(=O)OC(C)(C)C)C2)ccc1F. The van der Waals surface area contributed by atoms with Crippen LogP contribution in [0.5, 0.6) is 5.75 Å². The Morgan fingerprint density at radius 1 is 1.27 bits per heavy atom. The molecule has 1 aliphatic carbocycles. The molecule has 0 radical (unpaired) electrons. The minimum Gasteiger partial charge on any atom is -0.494 e. The first-order chi connectivity index (χ1) is 15.6. The Bertz CT molecular complexity index is 1200. The average molecular weight is 454 g/mol. The molecule has 0 saturated carbocycles. The number of pyridine rings is 1. The van der Waals surface area contributed by atoms with Crippen molar-refractivity contribution in [2.24, 2.45) is 7.05 Å². The molecule has 33 heavy (non-hydrogen) atoms. The van der Waals surface area contributed by atoms with Crippen molar-refractivity contribution in [3.63, 3.8) is 0 Å². The van der Waals surface area contributed by atoms with Crippen LogP contribution in [0, 0.1) is 5.82 Å². The fourth-order valence-corrected chi connectivity index (χ4v) is 4.62. The van der Waals surface area contributed by atoms with E-state index in [0.717, 1.165) is 41.4 Å². The van der Waals surface area contributed by atoms with Crippen molar-refractivity contribution >= 4 is 17.1 Å². The molecule has 3 aromatic rings. The topological polar surface area (TPSA) is 56.6 Å². The lowest BCUT2D eigenvalue weighted by molar-refractivity contribution is 0.0210. The smallest absolute Gasteiger partial charge is 0.410 e. The van der Waals surface area contributed by atoms with E-state index in [0.29, 0.717) is 6.42 Å². The molecule has 0 fully saturated rings. The Morgan fingerprint density at radius 3 is 2.73 bits per heavy atom. The summed E-state index contributed by atoms with van der Waals surface area (Å²) in [5.74, 6) is -0.126. The van der Waals surface area contributed by atoms with E-state index in [1.54, 1.807) is 17.0 Å². The Morgan fingerprint density at radius 2 is 2.03 bits per heavy atom. The molecule has 1 aromatic carbocycles. The molecule has 1 unspecified atom stereocenters. The molecule has 2 aromatic heterocycles. The number of fused-ring (bicyclic) bond motifs is 3. The number of nitrogens with zero attached hydrogens (tertiary/aromatic N) is 3. The monoisotopic (exact) mass is 453 g/mol. The van der Waals surface area contributed by atoms with Gasteiger partial charge in [0.1, 0.15) is 11.2 Å². The minimum absolute atomic E-state index is 0.0722. The first kappa shape index (κ1) is 23.1. The van der Waals surface area contributed by atoms with E-state index in [1.165, 1.54) is 24.4 Å². The van der Waals surface area contributed by atoms with Gasteiger partial charge in [-0.25, -0.2) is 14.2 Å². The normalized spacial score (nSPS) is 15.9. The lowest BCUT2D eigenvalue weighted by Crippen LogP contribution is -2.43. The molecule has 0 N–H and O–H groups in total.